The smallest absolute Gasteiger partial charge is 0.224 e. The van der Waals surface area contributed by atoms with Crippen LogP contribution in [0, 0.1) is 0 Å². The lowest BCUT2D eigenvalue weighted by Gasteiger charge is -2.23. The van der Waals surface area contributed by atoms with Gasteiger partial charge in [-0.05, 0) is 80.4 Å². The van der Waals surface area contributed by atoms with Gasteiger partial charge in [0, 0.05) is 17.0 Å². The van der Waals surface area contributed by atoms with Crippen LogP contribution in [0.15, 0.2) is 59.5 Å². The second kappa shape index (κ2) is 15.1. The molecule has 1 N–H and O–H groups in total. The number of carbonyl (C=O) groups is 1. The van der Waals surface area contributed by atoms with Gasteiger partial charge in [-0.1, -0.05) is 63.9 Å². The van der Waals surface area contributed by atoms with Gasteiger partial charge in [-0.3, -0.25) is 4.79 Å². The van der Waals surface area contributed by atoms with Crippen molar-refractivity contribution in [2.24, 2.45) is 0 Å². The molecule has 1 atom stereocenters. The van der Waals surface area contributed by atoms with Crippen LogP contribution in [0.5, 0.6) is 0 Å². The average Bonchev–Trinajstić information content (AvgIpc) is 2.80. The van der Waals surface area contributed by atoms with E-state index >= 15 is 0 Å². The van der Waals surface area contributed by atoms with Crippen LogP contribution < -0.4 is 5.32 Å². The lowest BCUT2D eigenvalue weighted by Crippen LogP contribution is -2.26. The fraction of sp³-hybridized carbons (Fsp3) is 0.519. The largest absolute Gasteiger partial charge is 0.326 e. The molecule has 0 bridgehead atoms. The maximum atomic E-state index is 11.6. The first-order valence-corrected chi connectivity index (χ1v) is 12.9. The van der Waals surface area contributed by atoms with Crippen LogP contribution in [0.25, 0.3) is 0 Å². The van der Waals surface area contributed by atoms with Crippen molar-refractivity contribution in [3.05, 3.63) is 60.2 Å². The number of anilines is 1. The Bertz CT molecular complexity index is 750. The number of amides is 1. The van der Waals surface area contributed by atoms with E-state index in [-0.39, 0.29) is 5.91 Å². The molecule has 0 spiro atoms. The molecule has 31 heavy (non-hydrogen) atoms. The molecule has 2 rings (SSSR count). The Labute approximate surface area is 194 Å². The third-order valence-corrected chi connectivity index (χ3v) is 6.86. The summed E-state index contributed by atoms with van der Waals surface area (Å²) < 4.78 is 0. The Kier molecular flexibility index (Phi) is 12.4. The van der Waals surface area contributed by atoms with Gasteiger partial charge in [-0.25, -0.2) is 0 Å². The van der Waals surface area contributed by atoms with Crippen molar-refractivity contribution >= 4 is 23.4 Å². The van der Waals surface area contributed by atoms with Gasteiger partial charge in [0.1, 0.15) is 0 Å². The van der Waals surface area contributed by atoms with E-state index in [2.05, 4.69) is 66.5 Å². The van der Waals surface area contributed by atoms with Gasteiger partial charge < -0.3 is 10.2 Å². The SMILES string of the molecule is CCC(=O)Nc1cccc(C(C)CCN(CC)CCCCCCSc2ccccc2)c1. The fourth-order valence-corrected chi connectivity index (χ4v) is 4.57. The summed E-state index contributed by atoms with van der Waals surface area (Å²) in [6, 6.07) is 19.0. The van der Waals surface area contributed by atoms with Crippen molar-refractivity contribution in [2.45, 2.75) is 70.1 Å². The molecule has 0 radical (unpaired) electrons. The molecule has 2 aromatic carbocycles. The quantitative estimate of drug-likeness (QED) is 0.235. The highest BCUT2D eigenvalue weighted by molar-refractivity contribution is 7.99. The summed E-state index contributed by atoms with van der Waals surface area (Å²) in [6.07, 6.45) is 6.89. The van der Waals surface area contributed by atoms with Crippen LogP contribution in [0.3, 0.4) is 0 Å². The maximum Gasteiger partial charge on any atom is 0.224 e. The molecule has 2 aromatic rings. The van der Waals surface area contributed by atoms with E-state index in [9.17, 15) is 4.79 Å². The van der Waals surface area contributed by atoms with Gasteiger partial charge >= 0.3 is 0 Å². The highest BCUT2D eigenvalue weighted by Crippen LogP contribution is 2.23. The third kappa shape index (κ3) is 10.4. The minimum Gasteiger partial charge on any atom is -0.326 e. The Morgan fingerprint density at radius 3 is 2.48 bits per heavy atom. The van der Waals surface area contributed by atoms with E-state index in [0.717, 1.165) is 25.2 Å². The molecule has 0 aliphatic rings. The maximum absolute atomic E-state index is 11.6. The number of thioether (sulfide) groups is 1. The van der Waals surface area contributed by atoms with Gasteiger partial charge in [0.25, 0.3) is 0 Å². The van der Waals surface area contributed by atoms with Crippen molar-refractivity contribution < 1.29 is 4.79 Å². The molecule has 3 nitrogen and oxygen atoms in total. The Hall–Kier alpha value is -1.78. The summed E-state index contributed by atoms with van der Waals surface area (Å²) in [5.41, 5.74) is 2.22. The van der Waals surface area contributed by atoms with Crippen molar-refractivity contribution in [1.82, 2.24) is 4.90 Å². The summed E-state index contributed by atoms with van der Waals surface area (Å²) in [6.45, 7) is 9.88. The molecule has 4 heteroatoms. The van der Waals surface area contributed by atoms with Gasteiger partial charge in [0.2, 0.25) is 5.91 Å². The highest BCUT2D eigenvalue weighted by Gasteiger charge is 2.10. The molecule has 0 saturated heterocycles. The molecule has 0 aliphatic carbocycles. The molecular weight excluding hydrogens is 400 g/mol. The number of benzene rings is 2. The number of rotatable bonds is 15. The molecule has 1 amide bonds. The van der Waals surface area contributed by atoms with E-state index in [1.54, 1.807) is 0 Å². The van der Waals surface area contributed by atoms with Crippen molar-refractivity contribution in [3.63, 3.8) is 0 Å². The Morgan fingerprint density at radius 2 is 1.74 bits per heavy atom. The molecule has 0 heterocycles. The third-order valence-electron chi connectivity index (χ3n) is 5.77. The first-order chi connectivity index (χ1) is 15.1. The van der Waals surface area contributed by atoms with Crippen molar-refractivity contribution in [3.8, 4) is 0 Å². The minimum atomic E-state index is 0.0700. The first-order valence-electron chi connectivity index (χ1n) is 11.9. The molecule has 0 aliphatic heterocycles. The number of hydrogen-bond donors (Lipinski definition) is 1. The van der Waals surface area contributed by atoms with Crippen LogP contribution in [0.4, 0.5) is 5.69 Å². The summed E-state index contributed by atoms with van der Waals surface area (Å²) in [5.74, 6) is 1.78. The van der Waals surface area contributed by atoms with Gasteiger partial charge in [0.05, 0.1) is 0 Å². The predicted octanol–water partition coefficient (Wildman–Crippen LogP) is 7.20. The topological polar surface area (TPSA) is 32.3 Å². The zero-order valence-electron chi connectivity index (χ0n) is 19.6. The van der Waals surface area contributed by atoms with Crippen molar-refractivity contribution in [2.75, 3.05) is 30.7 Å². The monoisotopic (exact) mass is 440 g/mol. The fourth-order valence-electron chi connectivity index (χ4n) is 3.64. The predicted molar refractivity (Wildman–Crippen MR) is 136 cm³/mol. The molecule has 170 valence electrons. The van der Waals surface area contributed by atoms with E-state index < -0.39 is 0 Å². The molecule has 0 saturated carbocycles. The van der Waals surface area contributed by atoms with Gasteiger partial charge in [0.15, 0.2) is 0 Å². The summed E-state index contributed by atoms with van der Waals surface area (Å²) in [4.78, 5) is 15.6. The normalized spacial score (nSPS) is 12.1. The summed E-state index contributed by atoms with van der Waals surface area (Å²) in [5, 5.41) is 2.97. The summed E-state index contributed by atoms with van der Waals surface area (Å²) >= 11 is 1.97. The second-order valence-corrected chi connectivity index (χ2v) is 9.40. The van der Waals surface area contributed by atoms with E-state index in [4.69, 9.17) is 0 Å². The molecule has 0 fully saturated rings. The van der Waals surface area contributed by atoms with E-state index in [0.29, 0.717) is 12.3 Å². The van der Waals surface area contributed by atoms with Crippen LogP contribution >= 0.6 is 11.8 Å². The Balaban J connectivity index is 1.61. The molecule has 0 aromatic heterocycles. The van der Waals surface area contributed by atoms with Gasteiger partial charge in [-0.15, -0.1) is 11.8 Å². The van der Waals surface area contributed by atoms with E-state index in [1.807, 2.05) is 30.8 Å². The number of nitrogens with zero attached hydrogens (tertiary/aromatic N) is 1. The molecule has 1 unspecified atom stereocenters. The zero-order valence-corrected chi connectivity index (χ0v) is 20.4. The van der Waals surface area contributed by atoms with E-state index in [1.165, 1.54) is 48.4 Å². The van der Waals surface area contributed by atoms with Crippen LogP contribution in [-0.2, 0) is 4.79 Å². The average molecular weight is 441 g/mol. The Morgan fingerprint density at radius 1 is 0.968 bits per heavy atom. The lowest BCUT2D eigenvalue weighted by atomic mass is 9.97. The van der Waals surface area contributed by atoms with Crippen LogP contribution in [-0.4, -0.2) is 36.2 Å². The van der Waals surface area contributed by atoms with Crippen molar-refractivity contribution in [1.29, 1.82) is 0 Å². The first kappa shape index (κ1) is 25.5. The standard InChI is InChI=1S/C27H40N2OS/c1-4-27(30)28-25-15-13-14-24(22-25)23(3)18-20-29(5-2)19-11-6-7-12-21-31-26-16-9-8-10-17-26/h8-10,13-17,22-23H,4-7,11-12,18-21H2,1-3H3,(H,28,30). The number of hydrogen-bond acceptors (Lipinski definition) is 3. The van der Waals surface area contributed by atoms with Crippen LogP contribution in [0.1, 0.15) is 70.8 Å². The lowest BCUT2D eigenvalue weighted by molar-refractivity contribution is -0.115. The number of unbranched alkanes of at least 4 members (excludes halogenated alkanes) is 3. The number of nitrogens with one attached hydrogen (secondary N) is 1. The minimum absolute atomic E-state index is 0.0700. The van der Waals surface area contributed by atoms with Crippen LogP contribution in [0.2, 0.25) is 0 Å². The zero-order chi connectivity index (χ0) is 22.3. The molecular formula is C27H40N2OS. The number of carbonyl (C=O) groups excluding carboxylic acids is 1. The highest BCUT2D eigenvalue weighted by atomic mass is 32.2. The van der Waals surface area contributed by atoms with Gasteiger partial charge in [-0.2, -0.15) is 0 Å². The second-order valence-electron chi connectivity index (χ2n) is 8.23. The summed E-state index contributed by atoms with van der Waals surface area (Å²) in [7, 11) is 0.